The Hall–Kier alpha value is -2.82. The normalized spacial score (nSPS) is 13.2. The first-order chi connectivity index (χ1) is 15.7. The third-order valence-corrected chi connectivity index (χ3v) is 4.96. The molecule has 2 aromatic rings. The molecule has 0 unspecified atom stereocenters. The molecule has 0 bridgehead atoms. The number of nitrogens with one attached hydrogen (secondary N) is 2. The lowest BCUT2D eigenvalue weighted by Crippen LogP contribution is -2.50. The number of carbonyl (C=O) groups excluding carboxylic acids is 2. The second-order valence-electron chi connectivity index (χ2n) is 7.06. The highest BCUT2D eigenvalue weighted by atomic mass is 35.5. The molecule has 0 fully saturated rings. The Morgan fingerprint density at radius 3 is 2.03 bits per heavy atom. The van der Waals surface area contributed by atoms with Crippen LogP contribution in [0.2, 0.25) is 0 Å². The first-order valence-corrected chi connectivity index (χ1v) is 10.3. The molecular weight excluding hydrogens is 465 g/mol. The Balaban J connectivity index is 2.05. The van der Waals surface area contributed by atoms with Crippen molar-refractivity contribution in [1.82, 2.24) is 10.2 Å². The van der Waals surface area contributed by atoms with Gasteiger partial charge in [-0.3, -0.25) is 4.79 Å². The van der Waals surface area contributed by atoms with E-state index in [-0.39, 0.29) is 26.1 Å². The number of aliphatic hydroxyl groups is 1. The van der Waals surface area contributed by atoms with Crippen molar-refractivity contribution in [2.24, 2.45) is 0 Å². The number of esters is 1. The van der Waals surface area contributed by atoms with Gasteiger partial charge in [0.15, 0.2) is 0 Å². The van der Waals surface area contributed by atoms with E-state index in [0.29, 0.717) is 11.3 Å². The monoisotopic (exact) mass is 488 g/mol. The van der Waals surface area contributed by atoms with Gasteiger partial charge < -0.3 is 19.9 Å². The average Bonchev–Trinajstić information content (AvgIpc) is 2.80. The minimum Gasteiger partial charge on any atom is -0.491 e. The molecule has 0 saturated heterocycles. The van der Waals surface area contributed by atoms with Gasteiger partial charge in [-0.05, 0) is 53.6 Å². The highest BCUT2D eigenvalue weighted by molar-refractivity contribution is 6.15. The van der Waals surface area contributed by atoms with Gasteiger partial charge in [0, 0.05) is 6.42 Å². The van der Waals surface area contributed by atoms with Crippen LogP contribution >= 0.6 is 11.8 Å². The van der Waals surface area contributed by atoms with E-state index < -0.39 is 35.7 Å². The molecule has 180 valence electrons. The third-order valence-electron chi connectivity index (χ3n) is 4.69. The fourth-order valence-corrected chi connectivity index (χ4v) is 3.15. The molecular formula is C22H24ClF3N2O5. The zero-order chi connectivity index (χ0) is 24.4. The number of hydrogen-bond donors (Lipinski definition) is 3. The molecule has 2 atom stereocenters. The summed E-state index contributed by atoms with van der Waals surface area (Å²) in [4.78, 5) is 27.3. The summed E-state index contributed by atoms with van der Waals surface area (Å²) in [7, 11) is 1.14. The minimum atomic E-state index is -4.48. The maximum atomic E-state index is 12.8. The van der Waals surface area contributed by atoms with Crippen LogP contribution in [0.5, 0.6) is 5.75 Å². The SMILES string of the molecule is COC(=O)[C@H](Cc1ccc(C(F)(F)F)cc1)NC(=O)[C@H](Cc1ccc(OCCO)cc1)NCl. The summed E-state index contributed by atoms with van der Waals surface area (Å²) < 4.78 is 48.3. The van der Waals surface area contributed by atoms with Gasteiger partial charge in [-0.25, -0.2) is 9.63 Å². The largest absolute Gasteiger partial charge is 0.491 e. The molecule has 1 amide bonds. The summed E-state index contributed by atoms with van der Waals surface area (Å²) in [6, 6.07) is 9.06. The van der Waals surface area contributed by atoms with E-state index in [1.807, 2.05) is 0 Å². The van der Waals surface area contributed by atoms with Crippen molar-refractivity contribution in [3.8, 4) is 5.75 Å². The number of alkyl halides is 3. The van der Waals surface area contributed by atoms with E-state index in [0.717, 1.165) is 24.8 Å². The number of methoxy groups -OCH3 is 1. The summed E-state index contributed by atoms with van der Waals surface area (Å²) in [5, 5.41) is 11.3. The molecule has 7 nitrogen and oxygen atoms in total. The molecule has 2 rings (SSSR count). The number of carbonyl (C=O) groups is 2. The molecule has 2 aromatic carbocycles. The summed E-state index contributed by atoms with van der Waals surface area (Å²) in [6.07, 6.45) is -4.36. The Morgan fingerprint density at radius 2 is 1.55 bits per heavy atom. The van der Waals surface area contributed by atoms with Crippen LogP contribution in [-0.2, 0) is 33.3 Å². The van der Waals surface area contributed by atoms with Crippen LogP contribution in [0.3, 0.4) is 0 Å². The Bertz CT molecular complexity index is 908. The van der Waals surface area contributed by atoms with Crippen LogP contribution in [0.25, 0.3) is 0 Å². The fraction of sp³-hybridized carbons (Fsp3) is 0.364. The molecule has 3 N–H and O–H groups in total. The van der Waals surface area contributed by atoms with E-state index in [4.69, 9.17) is 26.4 Å². The summed E-state index contributed by atoms with van der Waals surface area (Å²) >= 11 is 5.74. The summed E-state index contributed by atoms with van der Waals surface area (Å²) in [5.41, 5.74) is 0.341. The van der Waals surface area contributed by atoms with Gasteiger partial charge in [0.1, 0.15) is 24.4 Å². The molecule has 33 heavy (non-hydrogen) atoms. The van der Waals surface area contributed by atoms with E-state index >= 15 is 0 Å². The summed E-state index contributed by atoms with van der Waals surface area (Å²) in [6.45, 7) is 0.0372. The maximum absolute atomic E-state index is 12.8. The number of ether oxygens (including phenoxy) is 2. The van der Waals surface area contributed by atoms with E-state index in [2.05, 4.69) is 10.2 Å². The number of hydrogen-bond acceptors (Lipinski definition) is 6. The zero-order valence-electron chi connectivity index (χ0n) is 17.7. The second-order valence-corrected chi connectivity index (χ2v) is 7.28. The molecule has 0 radical (unpaired) electrons. The smallest absolute Gasteiger partial charge is 0.416 e. The van der Waals surface area contributed by atoms with Gasteiger partial charge in [0.2, 0.25) is 5.91 Å². The number of rotatable bonds is 11. The molecule has 0 heterocycles. The molecule has 0 aromatic heterocycles. The predicted molar refractivity (Wildman–Crippen MR) is 115 cm³/mol. The molecule has 0 aliphatic rings. The van der Waals surface area contributed by atoms with E-state index in [1.54, 1.807) is 24.3 Å². The van der Waals surface area contributed by atoms with Gasteiger partial charge in [0.25, 0.3) is 0 Å². The number of amides is 1. The molecule has 0 aliphatic heterocycles. The lowest BCUT2D eigenvalue weighted by molar-refractivity contribution is -0.145. The Morgan fingerprint density at radius 1 is 1.00 bits per heavy atom. The van der Waals surface area contributed by atoms with Crippen molar-refractivity contribution < 1.29 is 37.3 Å². The van der Waals surface area contributed by atoms with Crippen molar-refractivity contribution in [1.29, 1.82) is 0 Å². The molecule has 11 heteroatoms. The molecule has 0 aliphatic carbocycles. The van der Waals surface area contributed by atoms with Gasteiger partial charge in [-0.15, -0.1) is 0 Å². The van der Waals surface area contributed by atoms with Gasteiger partial charge in [-0.2, -0.15) is 13.2 Å². The fourth-order valence-electron chi connectivity index (χ4n) is 2.98. The van der Waals surface area contributed by atoms with Gasteiger partial charge >= 0.3 is 12.1 Å². The van der Waals surface area contributed by atoms with Crippen molar-refractivity contribution >= 4 is 23.7 Å². The Labute approximate surface area is 193 Å². The van der Waals surface area contributed by atoms with Gasteiger partial charge in [-0.1, -0.05) is 24.3 Å². The van der Waals surface area contributed by atoms with Crippen LogP contribution in [-0.4, -0.2) is 49.4 Å². The minimum absolute atomic E-state index is 0.0670. The topological polar surface area (TPSA) is 96.9 Å². The van der Waals surface area contributed by atoms with Crippen molar-refractivity contribution in [3.05, 3.63) is 65.2 Å². The van der Waals surface area contributed by atoms with Crippen LogP contribution in [0, 0.1) is 0 Å². The second kappa shape index (κ2) is 12.4. The lowest BCUT2D eigenvalue weighted by atomic mass is 10.0. The number of benzene rings is 2. The standard InChI is InChI=1S/C22H24ClF3N2O5/c1-32-21(31)19(13-14-2-6-16(7-3-14)22(24,25)26)27-20(30)18(28-23)12-15-4-8-17(9-5-15)33-11-10-29/h2-9,18-19,28-29H,10-13H2,1H3,(H,27,30)/t18-,19-/m0/s1. The first kappa shape index (κ1) is 26.4. The maximum Gasteiger partial charge on any atom is 0.416 e. The Kier molecular flexibility index (Phi) is 9.95. The van der Waals surface area contributed by atoms with Crippen LogP contribution in [0.4, 0.5) is 13.2 Å². The van der Waals surface area contributed by atoms with Crippen molar-refractivity contribution in [2.45, 2.75) is 31.1 Å². The molecule has 0 saturated carbocycles. The molecule has 0 spiro atoms. The van der Waals surface area contributed by atoms with Crippen LogP contribution < -0.4 is 14.9 Å². The van der Waals surface area contributed by atoms with E-state index in [9.17, 15) is 22.8 Å². The average molecular weight is 489 g/mol. The van der Waals surface area contributed by atoms with E-state index in [1.165, 1.54) is 12.1 Å². The highest BCUT2D eigenvalue weighted by Crippen LogP contribution is 2.29. The first-order valence-electron chi connectivity index (χ1n) is 9.91. The van der Waals surface area contributed by atoms with Crippen molar-refractivity contribution in [2.75, 3.05) is 20.3 Å². The number of aliphatic hydroxyl groups excluding tert-OH is 1. The highest BCUT2D eigenvalue weighted by Gasteiger charge is 2.31. The lowest BCUT2D eigenvalue weighted by Gasteiger charge is -2.21. The van der Waals surface area contributed by atoms with Crippen molar-refractivity contribution in [3.63, 3.8) is 0 Å². The third kappa shape index (κ3) is 8.23. The predicted octanol–water partition coefficient (Wildman–Crippen LogP) is 2.63. The summed E-state index contributed by atoms with van der Waals surface area (Å²) in [5.74, 6) is -0.787. The quantitative estimate of drug-likeness (QED) is 0.332. The van der Waals surface area contributed by atoms with Crippen LogP contribution in [0.1, 0.15) is 16.7 Å². The van der Waals surface area contributed by atoms with Gasteiger partial charge in [0.05, 0.1) is 19.3 Å². The zero-order valence-corrected chi connectivity index (χ0v) is 18.4. The number of halogens is 4. The van der Waals surface area contributed by atoms with Crippen LogP contribution in [0.15, 0.2) is 48.5 Å².